The Morgan fingerprint density at radius 1 is 1.07 bits per heavy atom. The predicted molar refractivity (Wildman–Crippen MR) is 120 cm³/mol. The van der Waals surface area contributed by atoms with E-state index in [9.17, 15) is 10.1 Å². The number of ether oxygens (including phenoxy) is 1. The summed E-state index contributed by atoms with van der Waals surface area (Å²) >= 11 is 5.91. The van der Waals surface area contributed by atoms with E-state index in [4.69, 9.17) is 16.3 Å². The first-order chi connectivity index (χ1) is 14.5. The second-order valence-corrected chi connectivity index (χ2v) is 7.31. The van der Waals surface area contributed by atoms with Crippen LogP contribution in [0.15, 0.2) is 72.3 Å². The van der Waals surface area contributed by atoms with Crippen molar-refractivity contribution in [3.8, 4) is 11.8 Å². The molecule has 3 aromatic rings. The summed E-state index contributed by atoms with van der Waals surface area (Å²) in [7, 11) is 0. The largest absolute Gasteiger partial charge is 0.488 e. The van der Waals surface area contributed by atoms with E-state index < -0.39 is 5.91 Å². The number of nitrogens with zero attached hydrogens (tertiary/aromatic N) is 1. The van der Waals surface area contributed by atoms with Gasteiger partial charge in [0.1, 0.15) is 24.0 Å². The fourth-order valence-corrected chi connectivity index (χ4v) is 2.92. The summed E-state index contributed by atoms with van der Waals surface area (Å²) in [6.45, 7) is 4.32. The van der Waals surface area contributed by atoms with Crippen LogP contribution in [-0.4, -0.2) is 5.91 Å². The van der Waals surface area contributed by atoms with Gasteiger partial charge in [0.25, 0.3) is 5.91 Å². The Balaban J connectivity index is 1.78. The van der Waals surface area contributed by atoms with Gasteiger partial charge in [-0.15, -0.1) is 0 Å². The Morgan fingerprint density at radius 3 is 2.50 bits per heavy atom. The first-order valence-corrected chi connectivity index (χ1v) is 9.81. The minimum atomic E-state index is -0.465. The number of para-hydroxylation sites is 1. The number of hydrogen-bond acceptors (Lipinski definition) is 3. The van der Waals surface area contributed by atoms with Gasteiger partial charge in [-0.05, 0) is 66.9 Å². The molecule has 0 aliphatic rings. The minimum Gasteiger partial charge on any atom is -0.488 e. The highest BCUT2D eigenvalue weighted by molar-refractivity contribution is 6.30. The van der Waals surface area contributed by atoms with Crippen LogP contribution in [0.25, 0.3) is 6.08 Å². The third-order valence-electron chi connectivity index (χ3n) is 4.66. The van der Waals surface area contributed by atoms with Gasteiger partial charge in [0.15, 0.2) is 0 Å². The predicted octanol–water partition coefficient (Wildman–Crippen LogP) is 6.08. The van der Waals surface area contributed by atoms with E-state index in [1.54, 1.807) is 24.3 Å². The number of benzene rings is 3. The van der Waals surface area contributed by atoms with Crippen LogP contribution in [-0.2, 0) is 11.4 Å². The summed E-state index contributed by atoms with van der Waals surface area (Å²) in [6, 6.07) is 22.3. The molecule has 0 aliphatic carbocycles. The summed E-state index contributed by atoms with van der Waals surface area (Å²) in [5, 5.41) is 13.0. The number of amides is 1. The Bertz CT molecular complexity index is 1130. The first-order valence-electron chi connectivity index (χ1n) is 9.43. The second kappa shape index (κ2) is 9.78. The van der Waals surface area contributed by atoms with Crippen LogP contribution >= 0.6 is 11.6 Å². The summed E-state index contributed by atoms with van der Waals surface area (Å²) in [6.07, 6.45) is 1.54. The van der Waals surface area contributed by atoms with Gasteiger partial charge in [-0.1, -0.05) is 48.0 Å². The minimum absolute atomic E-state index is 0.00392. The maximum Gasteiger partial charge on any atom is 0.266 e. The highest BCUT2D eigenvalue weighted by atomic mass is 35.5. The third kappa shape index (κ3) is 5.50. The molecular weight excluding hydrogens is 396 g/mol. The molecule has 0 bridgehead atoms. The lowest BCUT2D eigenvalue weighted by Crippen LogP contribution is -2.13. The van der Waals surface area contributed by atoms with Crippen LogP contribution in [0.3, 0.4) is 0 Å². The molecule has 0 spiro atoms. The second-order valence-electron chi connectivity index (χ2n) is 6.88. The molecule has 0 aliphatic heterocycles. The molecule has 0 aromatic heterocycles. The molecule has 1 amide bonds. The molecule has 0 atom stereocenters. The zero-order chi connectivity index (χ0) is 21.5. The highest BCUT2D eigenvalue weighted by Crippen LogP contribution is 2.23. The summed E-state index contributed by atoms with van der Waals surface area (Å²) in [5.41, 5.74) is 4.46. The molecular formula is C25H21ClN2O2. The zero-order valence-electron chi connectivity index (χ0n) is 16.8. The SMILES string of the molecule is Cc1ccc(NC(=O)/C(C#N)=C/c2ccccc2OCc2ccc(Cl)cc2)cc1C. The van der Waals surface area contributed by atoms with Gasteiger partial charge in [0.05, 0.1) is 0 Å². The van der Waals surface area contributed by atoms with Gasteiger partial charge in [-0.3, -0.25) is 4.79 Å². The van der Waals surface area contributed by atoms with Crippen molar-refractivity contribution in [2.24, 2.45) is 0 Å². The average molecular weight is 417 g/mol. The molecule has 3 rings (SSSR count). The Kier molecular flexibility index (Phi) is 6.90. The van der Waals surface area contributed by atoms with Crippen LogP contribution in [0.5, 0.6) is 5.75 Å². The van der Waals surface area contributed by atoms with Crippen LogP contribution in [0.4, 0.5) is 5.69 Å². The summed E-state index contributed by atoms with van der Waals surface area (Å²) in [5.74, 6) is 0.118. The van der Waals surface area contributed by atoms with Crippen molar-refractivity contribution < 1.29 is 9.53 Å². The Morgan fingerprint density at radius 2 is 1.80 bits per heavy atom. The smallest absolute Gasteiger partial charge is 0.266 e. The molecule has 30 heavy (non-hydrogen) atoms. The van der Waals surface area contributed by atoms with Crippen molar-refractivity contribution in [1.82, 2.24) is 0 Å². The number of carbonyl (C=O) groups excluding carboxylic acids is 1. The lowest BCUT2D eigenvalue weighted by atomic mass is 10.1. The number of hydrogen-bond donors (Lipinski definition) is 1. The van der Waals surface area contributed by atoms with Crippen LogP contribution < -0.4 is 10.1 Å². The van der Waals surface area contributed by atoms with Gasteiger partial charge in [-0.25, -0.2) is 0 Å². The Labute approximate surface area is 181 Å². The highest BCUT2D eigenvalue weighted by Gasteiger charge is 2.12. The van der Waals surface area contributed by atoms with Crippen molar-refractivity contribution in [2.45, 2.75) is 20.5 Å². The maximum atomic E-state index is 12.6. The number of aryl methyl sites for hydroxylation is 2. The zero-order valence-corrected chi connectivity index (χ0v) is 17.5. The summed E-state index contributed by atoms with van der Waals surface area (Å²) in [4.78, 5) is 12.6. The van der Waals surface area contributed by atoms with E-state index in [1.165, 1.54) is 6.08 Å². The van der Waals surface area contributed by atoms with E-state index >= 15 is 0 Å². The normalized spacial score (nSPS) is 10.9. The molecule has 3 aromatic carbocycles. The van der Waals surface area contributed by atoms with Crippen molar-refractivity contribution in [3.05, 3.63) is 99.6 Å². The number of nitriles is 1. The van der Waals surface area contributed by atoms with E-state index in [-0.39, 0.29) is 5.57 Å². The molecule has 0 fully saturated rings. The molecule has 5 heteroatoms. The molecule has 1 N–H and O–H groups in total. The molecule has 0 saturated heterocycles. The monoisotopic (exact) mass is 416 g/mol. The number of rotatable bonds is 6. The molecule has 0 unspecified atom stereocenters. The van der Waals surface area contributed by atoms with Crippen molar-refractivity contribution in [3.63, 3.8) is 0 Å². The van der Waals surface area contributed by atoms with E-state index in [0.29, 0.717) is 28.6 Å². The number of halogens is 1. The summed E-state index contributed by atoms with van der Waals surface area (Å²) < 4.78 is 5.91. The fraction of sp³-hybridized carbons (Fsp3) is 0.120. The lowest BCUT2D eigenvalue weighted by Gasteiger charge is -2.10. The average Bonchev–Trinajstić information content (AvgIpc) is 2.75. The molecule has 0 saturated carbocycles. The molecule has 0 radical (unpaired) electrons. The maximum absolute atomic E-state index is 12.6. The first kappa shape index (κ1) is 21.2. The van der Waals surface area contributed by atoms with Crippen LogP contribution in [0.2, 0.25) is 5.02 Å². The van der Waals surface area contributed by atoms with Crippen LogP contribution in [0.1, 0.15) is 22.3 Å². The van der Waals surface area contributed by atoms with Gasteiger partial charge in [0, 0.05) is 16.3 Å². The quantitative estimate of drug-likeness (QED) is 0.391. The number of nitrogens with one attached hydrogen (secondary N) is 1. The van der Waals surface area contributed by atoms with Crippen molar-refractivity contribution in [2.75, 3.05) is 5.32 Å². The standard InChI is InChI=1S/C25H21ClN2O2/c1-17-7-12-23(13-18(17)2)28-25(29)21(15-27)14-20-5-3-4-6-24(20)30-16-19-8-10-22(26)11-9-19/h3-14H,16H2,1-2H3,(H,28,29)/b21-14+. The number of anilines is 1. The molecule has 150 valence electrons. The van der Waals surface area contributed by atoms with Crippen LogP contribution in [0, 0.1) is 25.2 Å². The third-order valence-corrected chi connectivity index (χ3v) is 4.91. The molecule has 4 nitrogen and oxygen atoms in total. The van der Waals surface area contributed by atoms with E-state index in [2.05, 4.69) is 5.32 Å². The van der Waals surface area contributed by atoms with Crippen molar-refractivity contribution in [1.29, 1.82) is 5.26 Å². The van der Waals surface area contributed by atoms with Gasteiger partial charge in [0.2, 0.25) is 0 Å². The van der Waals surface area contributed by atoms with E-state index in [1.807, 2.05) is 62.4 Å². The van der Waals surface area contributed by atoms with Gasteiger partial charge < -0.3 is 10.1 Å². The van der Waals surface area contributed by atoms with Crippen molar-refractivity contribution >= 4 is 29.3 Å². The topological polar surface area (TPSA) is 62.1 Å². The fourth-order valence-electron chi connectivity index (χ4n) is 2.79. The lowest BCUT2D eigenvalue weighted by molar-refractivity contribution is -0.112. The molecule has 0 heterocycles. The van der Waals surface area contributed by atoms with E-state index in [0.717, 1.165) is 16.7 Å². The number of carbonyl (C=O) groups is 1. The van der Waals surface area contributed by atoms with Gasteiger partial charge >= 0.3 is 0 Å². The Hall–Kier alpha value is -3.55. The van der Waals surface area contributed by atoms with Gasteiger partial charge in [-0.2, -0.15) is 5.26 Å².